The van der Waals surface area contributed by atoms with Gasteiger partial charge in [0.15, 0.2) is 8.68 Å². The molecule has 80 valence electrons. The summed E-state index contributed by atoms with van der Waals surface area (Å²) in [4.78, 5) is 8.61. The molecule has 2 aromatic heterocycles. The fourth-order valence-corrected chi connectivity index (χ4v) is 4.01. The van der Waals surface area contributed by atoms with Crippen LogP contribution in [0.25, 0.3) is 10.2 Å². The molecule has 7 heteroatoms. The van der Waals surface area contributed by atoms with Crippen molar-refractivity contribution in [3.63, 3.8) is 0 Å². The summed E-state index contributed by atoms with van der Waals surface area (Å²) in [5, 5.41) is 0. The van der Waals surface area contributed by atoms with Gasteiger partial charge in [0.25, 0.3) is 0 Å². The average molecular weight is 266 g/mol. The zero-order chi connectivity index (χ0) is 11.0. The molecule has 0 aliphatic heterocycles. The van der Waals surface area contributed by atoms with Crippen LogP contribution < -0.4 is 5.73 Å². The molecule has 3 aromatic rings. The van der Waals surface area contributed by atoms with Crippen LogP contribution in [0.15, 0.2) is 33.2 Å². The summed E-state index contributed by atoms with van der Waals surface area (Å²) in [5.41, 5.74) is 7.47. The van der Waals surface area contributed by atoms with Crippen molar-refractivity contribution in [3.05, 3.63) is 24.5 Å². The van der Waals surface area contributed by atoms with E-state index in [1.807, 2.05) is 18.2 Å². The lowest BCUT2D eigenvalue weighted by atomic mass is 10.3. The summed E-state index contributed by atoms with van der Waals surface area (Å²) in [7, 11) is 0. The van der Waals surface area contributed by atoms with Crippen LogP contribution in [0.5, 0.6) is 0 Å². The van der Waals surface area contributed by atoms with Crippen LogP contribution in [-0.2, 0) is 0 Å². The molecule has 4 nitrogen and oxygen atoms in total. The van der Waals surface area contributed by atoms with E-state index >= 15 is 0 Å². The maximum absolute atomic E-state index is 5.72. The topological polar surface area (TPSA) is 64.7 Å². The highest BCUT2D eigenvalue weighted by atomic mass is 32.2. The van der Waals surface area contributed by atoms with Gasteiger partial charge in [-0.25, -0.2) is 9.97 Å². The molecule has 0 radical (unpaired) electrons. The van der Waals surface area contributed by atoms with Gasteiger partial charge in [-0.15, -0.1) is 11.3 Å². The minimum atomic E-state index is 0.767. The number of fused-ring (bicyclic) bond motifs is 1. The van der Waals surface area contributed by atoms with Gasteiger partial charge in [0.05, 0.1) is 10.2 Å². The van der Waals surface area contributed by atoms with E-state index < -0.39 is 0 Å². The number of benzene rings is 1. The molecule has 0 amide bonds. The molecule has 0 saturated heterocycles. The fraction of sp³-hybridized carbons (Fsp3) is 0. The Hall–Kier alpha value is -1.18. The van der Waals surface area contributed by atoms with Crippen LogP contribution in [-0.4, -0.2) is 14.3 Å². The Morgan fingerprint density at radius 3 is 3.00 bits per heavy atom. The first-order valence-electron chi connectivity index (χ1n) is 4.42. The normalized spacial score (nSPS) is 11.0. The maximum Gasteiger partial charge on any atom is 0.176 e. The Labute approximate surface area is 104 Å². The number of nitrogens with two attached hydrogens (primary N) is 1. The predicted octanol–water partition coefficient (Wildman–Crippen LogP) is 2.88. The molecule has 0 aliphatic rings. The molecule has 2 N–H and O–H groups in total. The Balaban J connectivity index is 1.99. The third kappa shape index (κ3) is 1.89. The van der Waals surface area contributed by atoms with Gasteiger partial charge in [0, 0.05) is 5.69 Å². The Bertz CT molecular complexity index is 617. The summed E-state index contributed by atoms with van der Waals surface area (Å²) in [6, 6.07) is 5.74. The molecule has 0 unspecified atom stereocenters. The quantitative estimate of drug-likeness (QED) is 0.722. The zero-order valence-corrected chi connectivity index (χ0v) is 10.4. The van der Waals surface area contributed by atoms with Gasteiger partial charge in [-0.05, 0) is 41.5 Å². The van der Waals surface area contributed by atoms with Crippen molar-refractivity contribution in [2.45, 2.75) is 8.68 Å². The lowest BCUT2D eigenvalue weighted by Crippen LogP contribution is -1.81. The predicted molar refractivity (Wildman–Crippen MR) is 68.1 cm³/mol. The number of anilines is 1. The van der Waals surface area contributed by atoms with Crippen molar-refractivity contribution >= 4 is 50.5 Å². The number of rotatable bonds is 2. The number of hydrogen-bond donors (Lipinski definition) is 1. The van der Waals surface area contributed by atoms with Crippen LogP contribution in [0.3, 0.4) is 0 Å². The van der Waals surface area contributed by atoms with Gasteiger partial charge in [-0.1, -0.05) is 0 Å². The fourth-order valence-electron chi connectivity index (χ4n) is 1.25. The van der Waals surface area contributed by atoms with Crippen molar-refractivity contribution in [1.29, 1.82) is 0 Å². The van der Waals surface area contributed by atoms with Gasteiger partial charge in [-0.3, -0.25) is 0 Å². The Morgan fingerprint density at radius 1 is 1.25 bits per heavy atom. The number of hydrogen-bond acceptors (Lipinski definition) is 7. The monoisotopic (exact) mass is 266 g/mol. The third-order valence-corrected chi connectivity index (χ3v) is 4.70. The van der Waals surface area contributed by atoms with Gasteiger partial charge in [-0.2, -0.15) is 4.37 Å². The standard InChI is InChI=1S/C9H6N4S3/c10-5-1-2-6-7(3-5)14-9(13-6)15-8-11-4-12-16-8/h1-4H,10H2. The van der Waals surface area contributed by atoms with E-state index in [1.54, 1.807) is 17.7 Å². The van der Waals surface area contributed by atoms with Crippen LogP contribution >= 0.6 is 34.6 Å². The van der Waals surface area contributed by atoms with Crippen LogP contribution in [0, 0.1) is 0 Å². The van der Waals surface area contributed by atoms with Gasteiger partial charge in [0.2, 0.25) is 0 Å². The van der Waals surface area contributed by atoms with Crippen LogP contribution in [0.1, 0.15) is 0 Å². The molecular formula is C9H6N4S3. The van der Waals surface area contributed by atoms with Gasteiger partial charge < -0.3 is 5.73 Å². The van der Waals surface area contributed by atoms with Crippen molar-refractivity contribution in [1.82, 2.24) is 14.3 Å². The summed E-state index contributed by atoms with van der Waals surface area (Å²) in [6.45, 7) is 0. The molecule has 2 heterocycles. The molecular weight excluding hydrogens is 260 g/mol. The molecule has 1 aromatic carbocycles. The molecule has 0 bridgehead atoms. The first kappa shape index (κ1) is 10.0. The van der Waals surface area contributed by atoms with E-state index in [4.69, 9.17) is 5.73 Å². The lowest BCUT2D eigenvalue weighted by molar-refractivity contribution is 1.20. The van der Waals surface area contributed by atoms with Crippen molar-refractivity contribution < 1.29 is 0 Å². The molecule has 0 spiro atoms. The van der Waals surface area contributed by atoms with E-state index in [2.05, 4.69) is 14.3 Å². The second-order valence-electron chi connectivity index (χ2n) is 3.02. The van der Waals surface area contributed by atoms with Crippen LogP contribution in [0.4, 0.5) is 5.69 Å². The lowest BCUT2D eigenvalue weighted by Gasteiger charge is -1.88. The van der Waals surface area contributed by atoms with E-state index in [9.17, 15) is 0 Å². The Morgan fingerprint density at radius 2 is 2.19 bits per heavy atom. The highest BCUT2D eigenvalue weighted by Crippen LogP contribution is 2.35. The highest BCUT2D eigenvalue weighted by molar-refractivity contribution is 8.02. The van der Waals surface area contributed by atoms with Crippen molar-refractivity contribution in [2.75, 3.05) is 5.73 Å². The number of nitrogen functional groups attached to an aromatic ring is 1. The zero-order valence-electron chi connectivity index (χ0n) is 7.95. The smallest absolute Gasteiger partial charge is 0.176 e. The largest absolute Gasteiger partial charge is 0.399 e. The first-order valence-corrected chi connectivity index (χ1v) is 6.82. The number of nitrogens with zero attached hydrogens (tertiary/aromatic N) is 3. The average Bonchev–Trinajstić information content (AvgIpc) is 2.86. The SMILES string of the molecule is Nc1ccc2nc(Sc3ncns3)sc2c1. The number of thiazole rings is 1. The highest BCUT2D eigenvalue weighted by Gasteiger charge is 2.07. The summed E-state index contributed by atoms with van der Waals surface area (Å²) >= 11 is 4.53. The van der Waals surface area contributed by atoms with Gasteiger partial charge in [0.1, 0.15) is 6.33 Å². The minimum absolute atomic E-state index is 0.767. The summed E-state index contributed by atoms with van der Waals surface area (Å²) in [6.07, 6.45) is 1.55. The first-order chi connectivity index (χ1) is 7.81. The second-order valence-corrected chi connectivity index (χ2v) is 6.32. The van der Waals surface area contributed by atoms with Crippen molar-refractivity contribution in [2.24, 2.45) is 0 Å². The van der Waals surface area contributed by atoms with E-state index in [0.29, 0.717) is 0 Å². The number of aromatic nitrogens is 3. The molecule has 0 aliphatic carbocycles. The van der Waals surface area contributed by atoms with E-state index in [1.165, 1.54) is 23.3 Å². The molecule has 0 fully saturated rings. The van der Waals surface area contributed by atoms with Gasteiger partial charge >= 0.3 is 0 Å². The molecule has 16 heavy (non-hydrogen) atoms. The molecule has 3 rings (SSSR count). The van der Waals surface area contributed by atoms with E-state index in [0.717, 1.165) is 24.6 Å². The molecule has 0 saturated carbocycles. The van der Waals surface area contributed by atoms with Crippen molar-refractivity contribution in [3.8, 4) is 0 Å². The van der Waals surface area contributed by atoms with Crippen LogP contribution in [0.2, 0.25) is 0 Å². The second kappa shape index (κ2) is 4.00. The van der Waals surface area contributed by atoms with E-state index in [-0.39, 0.29) is 0 Å². The minimum Gasteiger partial charge on any atom is -0.399 e. The maximum atomic E-state index is 5.72. The third-order valence-electron chi connectivity index (χ3n) is 1.91. The Kier molecular flexibility index (Phi) is 2.50. The summed E-state index contributed by atoms with van der Waals surface area (Å²) < 4.78 is 6.94. The summed E-state index contributed by atoms with van der Waals surface area (Å²) in [5.74, 6) is 0. The molecule has 0 atom stereocenters.